The highest BCUT2D eigenvalue weighted by molar-refractivity contribution is 7.89. The summed E-state index contributed by atoms with van der Waals surface area (Å²) in [6, 6.07) is 8.03. The number of benzene rings is 1. The first-order chi connectivity index (χ1) is 15.3. The average molecular weight is 460 g/mol. The summed E-state index contributed by atoms with van der Waals surface area (Å²) < 4.78 is 33.5. The molecule has 1 aromatic carbocycles. The molecule has 8 nitrogen and oxygen atoms in total. The van der Waals surface area contributed by atoms with E-state index in [9.17, 15) is 8.42 Å². The standard InChI is InChI=1S/C23H33N5O3S/c1-17-16-21(18(2)15-20(17)31-4)32(29,30)27-13-11-26(12-14-27)22-8-9-23(25-24-22)28-10-6-5-7-19(28)3/h8-9,15-16,19H,5-7,10-14H2,1-4H3. The van der Waals surface area contributed by atoms with Crippen molar-refractivity contribution in [1.82, 2.24) is 14.5 Å². The second kappa shape index (κ2) is 9.23. The fourth-order valence-electron chi connectivity index (χ4n) is 4.64. The van der Waals surface area contributed by atoms with Crippen LogP contribution in [0.15, 0.2) is 29.2 Å². The van der Waals surface area contributed by atoms with Crippen molar-refractivity contribution < 1.29 is 13.2 Å². The van der Waals surface area contributed by atoms with E-state index >= 15 is 0 Å². The van der Waals surface area contributed by atoms with Crippen molar-refractivity contribution in [3.05, 3.63) is 35.4 Å². The fraction of sp³-hybridized carbons (Fsp3) is 0.565. The molecule has 0 saturated carbocycles. The molecule has 1 aromatic heterocycles. The third kappa shape index (κ3) is 4.41. The molecule has 3 heterocycles. The number of anilines is 2. The van der Waals surface area contributed by atoms with Gasteiger partial charge in [-0.25, -0.2) is 8.42 Å². The van der Waals surface area contributed by atoms with E-state index in [2.05, 4.69) is 26.9 Å². The van der Waals surface area contributed by atoms with Gasteiger partial charge in [-0.1, -0.05) is 0 Å². The van der Waals surface area contributed by atoms with Gasteiger partial charge in [0.1, 0.15) is 5.75 Å². The number of piperidine rings is 1. The first-order valence-corrected chi connectivity index (χ1v) is 12.8. The summed E-state index contributed by atoms with van der Waals surface area (Å²) in [6.07, 6.45) is 3.65. The Morgan fingerprint density at radius 3 is 2.25 bits per heavy atom. The molecule has 0 N–H and O–H groups in total. The highest BCUT2D eigenvalue weighted by Crippen LogP contribution is 2.29. The third-order valence-electron chi connectivity index (χ3n) is 6.61. The molecule has 2 aromatic rings. The highest BCUT2D eigenvalue weighted by atomic mass is 32.2. The summed E-state index contributed by atoms with van der Waals surface area (Å²) in [5, 5.41) is 8.93. The Labute approximate surface area is 191 Å². The first kappa shape index (κ1) is 22.8. The zero-order valence-electron chi connectivity index (χ0n) is 19.4. The van der Waals surface area contributed by atoms with Crippen LogP contribution in [0.1, 0.15) is 37.3 Å². The third-order valence-corrected chi connectivity index (χ3v) is 8.65. The van der Waals surface area contributed by atoms with Crippen molar-refractivity contribution in [2.75, 3.05) is 49.6 Å². The first-order valence-electron chi connectivity index (χ1n) is 11.3. The molecule has 0 amide bonds. The zero-order chi connectivity index (χ0) is 22.9. The molecule has 0 bridgehead atoms. The van der Waals surface area contributed by atoms with Gasteiger partial charge in [0.15, 0.2) is 11.6 Å². The van der Waals surface area contributed by atoms with Crippen molar-refractivity contribution in [3.63, 3.8) is 0 Å². The SMILES string of the molecule is COc1cc(C)c(S(=O)(=O)N2CCN(c3ccc(N4CCCCC4C)nn3)CC2)cc1C. The number of hydrogen-bond acceptors (Lipinski definition) is 7. The molecule has 0 radical (unpaired) electrons. The number of piperazine rings is 1. The quantitative estimate of drug-likeness (QED) is 0.680. The van der Waals surface area contributed by atoms with Gasteiger partial charge in [-0.3, -0.25) is 0 Å². The minimum Gasteiger partial charge on any atom is -0.496 e. The van der Waals surface area contributed by atoms with Gasteiger partial charge in [0.05, 0.1) is 12.0 Å². The molecule has 4 rings (SSSR count). The van der Waals surface area contributed by atoms with E-state index < -0.39 is 10.0 Å². The van der Waals surface area contributed by atoms with Gasteiger partial charge < -0.3 is 14.5 Å². The molecular formula is C23H33N5O3S. The van der Waals surface area contributed by atoms with Crippen molar-refractivity contribution >= 4 is 21.7 Å². The summed E-state index contributed by atoms with van der Waals surface area (Å²) >= 11 is 0. The van der Waals surface area contributed by atoms with Crippen molar-refractivity contribution in [3.8, 4) is 5.75 Å². The molecule has 32 heavy (non-hydrogen) atoms. The molecule has 2 fully saturated rings. The van der Waals surface area contributed by atoms with Crippen LogP contribution in [0.2, 0.25) is 0 Å². The van der Waals surface area contributed by atoms with E-state index in [-0.39, 0.29) is 0 Å². The van der Waals surface area contributed by atoms with E-state index in [4.69, 9.17) is 4.74 Å². The van der Waals surface area contributed by atoms with Crippen LogP contribution < -0.4 is 14.5 Å². The Balaban J connectivity index is 1.43. The van der Waals surface area contributed by atoms with Crippen LogP contribution in [0, 0.1) is 13.8 Å². The average Bonchev–Trinajstić information content (AvgIpc) is 2.81. The number of aryl methyl sites for hydroxylation is 2. The monoisotopic (exact) mass is 459 g/mol. The molecule has 2 saturated heterocycles. The second-order valence-corrected chi connectivity index (χ2v) is 10.7. The molecule has 2 aliphatic heterocycles. The minimum absolute atomic E-state index is 0.351. The largest absolute Gasteiger partial charge is 0.496 e. The molecule has 2 aliphatic rings. The Morgan fingerprint density at radius 1 is 0.938 bits per heavy atom. The lowest BCUT2D eigenvalue weighted by molar-refractivity contribution is 0.382. The van der Waals surface area contributed by atoms with E-state index in [1.54, 1.807) is 23.5 Å². The number of sulfonamides is 1. The number of hydrogen-bond donors (Lipinski definition) is 0. The summed E-state index contributed by atoms with van der Waals surface area (Å²) in [5.74, 6) is 2.42. The van der Waals surface area contributed by atoms with Crippen LogP contribution in [0.4, 0.5) is 11.6 Å². The molecule has 1 unspecified atom stereocenters. The maximum Gasteiger partial charge on any atom is 0.243 e. The molecule has 174 valence electrons. The normalized spacial score (nSPS) is 20.4. The van der Waals surface area contributed by atoms with E-state index in [1.807, 2.05) is 26.0 Å². The highest BCUT2D eigenvalue weighted by Gasteiger charge is 2.31. The number of nitrogens with zero attached hydrogens (tertiary/aromatic N) is 5. The minimum atomic E-state index is -3.56. The smallest absolute Gasteiger partial charge is 0.243 e. The van der Waals surface area contributed by atoms with Gasteiger partial charge in [-0.15, -0.1) is 10.2 Å². The number of methoxy groups -OCH3 is 1. The summed E-state index contributed by atoms with van der Waals surface area (Å²) in [7, 11) is -1.97. The summed E-state index contributed by atoms with van der Waals surface area (Å²) in [5.41, 5.74) is 1.51. The predicted octanol–water partition coefficient (Wildman–Crippen LogP) is 2.99. The van der Waals surface area contributed by atoms with Gasteiger partial charge in [0.25, 0.3) is 0 Å². The van der Waals surface area contributed by atoms with E-state index in [0.717, 1.165) is 23.7 Å². The number of aromatic nitrogens is 2. The van der Waals surface area contributed by atoms with E-state index in [1.165, 1.54) is 19.3 Å². The van der Waals surface area contributed by atoms with Crippen molar-refractivity contribution in [2.24, 2.45) is 0 Å². The van der Waals surface area contributed by atoms with Crippen LogP contribution in [-0.2, 0) is 10.0 Å². The van der Waals surface area contributed by atoms with Crippen molar-refractivity contribution in [2.45, 2.75) is 51.0 Å². The molecule has 0 spiro atoms. The van der Waals surface area contributed by atoms with Gasteiger partial charge in [0.2, 0.25) is 10.0 Å². The Morgan fingerprint density at radius 2 is 1.62 bits per heavy atom. The van der Waals surface area contributed by atoms with Crippen LogP contribution in [-0.4, -0.2) is 68.8 Å². The Kier molecular flexibility index (Phi) is 6.57. The molecular weight excluding hydrogens is 426 g/mol. The lowest BCUT2D eigenvalue weighted by atomic mass is 10.0. The van der Waals surface area contributed by atoms with Crippen LogP contribution in [0.3, 0.4) is 0 Å². The molecule has 1 atom stereocenters. The van der Waals surface area contributed by atoms with E-state index in [0.29, 0.717) is 48.4 Å². The topological polar surface area (TPSA) is 78.9 Å². The Hall–Kier alpha value is -2.39. The number of ether oxygens (including phenoxy) is 1. The Bertz CT molecular complexity index is 1050. The van der Waals surface area contributed by atoms with Crippen molar-refractivity contribution in [1.29, 1.82) is 0 Å². The lowest BCUT2D eigenvalue weighted by Gasteiger charge is -2.36. The summed E-state index contributed by atoms with van der Waals surface area (Å²) in [6.45, 7) is 8.94. The second-order valence-electron chi connectivity index (χ2n) is 8.77. The van der Waals surface area contributed by atoms with Gasteiger partial charge >= 0.3 is 0 Å². The maximum absolute atomic E-state index is 13.3. The van der Waals surface area contributed by atoms with Crippen LogP contribution >= 0.6 is 0 Å². The maximum atomic E-state index is 13.3. The number of rotatable bonds is 5. The predicted molar refractivity (Wildman–Crippen MR) is 126 cm³/mol. The molecule has 9 heteroatoms. The van der Waals surface area contributed by atoms with Crippen LogP contribution in [0.25, 0.3) is 0 Å². The lowest BCUT2D eigenvalue weighted by Crippen LogP contribution is -2.49. The summed E-state index contributed by atoms with van der Waals surface area (Å²) in [4.78, 5) is 4.78. The molecule has 0 aliphatic carbocycles. The van der Waals surface area contributed by atoms with Gasteiger partial charge in [-0.05, 0) is 75.4 Å². The fourth-order valence-corrected chi connectivity index (χ4v) is 6.35. The van der Waals surface area contributed by atoms with Gasteiger partial charge in [0, 0.05) is 38.8 Å². The van der Waals surface area contributed by atoms with Crippen LogP contribution in [0.5, 0.6) is 5.75 Å². The zero-order valence-corrected chi connectivity index (χ0v) is 20.2. The van der Waals surface area contributed by atoms with Gasteiger partial charge in [-0.2, -0.15) is 4.31 Å².